The molecule has 0 unspecified atom stereocenters. The summed E-state index contributed by atoms with van der Waals surface area (Å²) in [5.41, 5.74) is -1.46. The van der Waals surface area contributed by atoms with E-state index < -0.39 is 29.9 Å². The van der Waals surface area contributed by atoms with Gasteiger partial charge in [0.15, 0.2) is 5.72 Å². The third-order valence-corrected chi connectivity index (χ3v) is 4.70. The number of aliphatic hydroxyl groups is 1. The molecular weight excluding hydrogens is 357 g/mol. The minimum Gasteiger partial charge on any atom is -0.365 e. The van der Waals surface area contributed by atoms with Gasteiger partial charge in [-0.3, -0.25) is 4.79 Å². The van der Waals surface area contributed by atoms with E-state index in [-0.39, 0.29) is 11.1 Å². The lowest BCUT2D eigenvalue weighted by molar-refractivity contribution is -0.0816. The summed E-state index contributed by atoms with van der Waals surface area (Å²) in [6.07, 6.45) is -4.81. The maximum absolute atomic E-state index is 13.3. The molecule has 0 spiro atoms. The van der Waals surface area contributed by atoms with Gasteiger partial charge in [-0.2, -0.15) is 23.3 Å². The Bertz CT molecular complexity index is 891. The van der Waals surface area contributed by atoms with E-state index in [1.54, 1.807) is 37.3 Å². The third kappa shape index (κ3) is 3.47. The first-order chi connectivity index (χ1) is 12.7. The fourth-order valence-corrected chi connectivity index (χ4v) is 3.08. The van der Waals surface area contributed by atoms with E-state index >= 15 is 0 Å². The van der Waals surface area contributed by atoms with Crippen LogP contribution in [-0.2, 0) is 12.1 Å². The summed E-state index contributed by atoms with van der Waals surface area (Å²) in [5, 5.41) is 15.2. The van der Waals surface area contributed by atoms with Crippen LogP contribution in [0.25, 0.3) is 0 Å². The number of hydrogen-bond acceptors (Lipinski definition) is 3. The number of aryl methyl sites for hydroxylation is 2. The van der Waals surface area contributed by atoms with Gasteiger partial charge in [-0.05, 0) is 30.5 Å². The number of alkyl halides is 3. The lowest BCUT2D eigenvalue weighted by Crippen LogP contribution is -2.44. The molecule has 1 atom stereocenters. The number of carbonyl (C=O) groups is 1. The van der Waals surface area contributed by atoms with Gasteiger partial charge in [0.1, 0.15) is 5.71 Å². The third-order valence-electron chi connectivity index (χ3n) is 4.70. The summed E-state index contributed by atoms with van der Waals surface area (Å²) in [7, 11) is 0. The number of rotatable bonds is 3. The first-order valence-electron chi connectivity index (χ1n) is 8.53. The molecule has 1 aliphatic rings. The number of amides is 1. The summed E-state index contributed by atoms with van der Waals surface area (Å²) in [5.74, 6) is -0.783. The summed E-state index contributed by atoms with van der Waals surface area (Å²) >= 11 is 0. The summed E-state index contributed by atoms with van der Waals surface area (Å²) in [4.78, 5) is 12.9. The highest BCUT2D eigenvalue weighted by atomic mass is 19.4. The first-order valence-corrected chi connectivity index (χ1v) is 8.53. The highest BCUT2D eigenvalue weighted by Gasteiger charge is 2.53. The molecule has 0 fully saturated rings. The molecule has 0 saturated carbocycles. The Labute approximate surface area is 154 Å². The molecule has 27 heavy (non-hydrogen) atoms. The lowest BCUT2D eigenvalue weighted by atomic mass is 9.95. The smallest absolute Gasteiger partial charge is 0.365 e. The largest absolute Gasteiger partial charge is 0.431 e. The molecule has 3 rings (SSSR count). The van der Waals surface area contributed by atoms with Crippen molar-refractivity contribution in [2.75, 3.05) is 0 Å². The Morgan fingerprint density at radius 2 is 1.81 bits per heavy atom. The average Bonchev–Trinajstić information content (AvgIpc) is 3.01. The molecule has 0 radical (unpaired) electrons. The topological polar surface area (TPSA) is 52.9 Å². The van der Waals surface area contributed by atoms with Crippen LogP contribution in [0, 0.1) is 6.92 Å². The van der Waals surface area contributed by atoms with E-state index in [1.807, 2.05) is 6.92 Å². The quantitative estimate of drug-likeness (QED) is 0.874. The van der Waals surface area contributed by atoms with E-state index in [0.29, 0.717) is 10.6 Å². The second kappa shape index (κ2) is 6.81. The molecule has 4 nitrogen and oxygen atoms in total. The zero-order valence-corrected chi connectivity index (χ0v) is 14.9. The van der Waals surface area contributed by atoms with Crippen molar-refractivity contribution in [3.63, 3.8) is 0 Å². The first kappa shape index (κ1) is 19.1. The van der Waals surface area contributed by atoms with Crippen LogP contribution < -0.4 is 0 Å². The average molecular weight is 376 g/mol. The molecule has 1 N–H and O–H groups in total. The van der Waals surface area contributed by atoms with Crippen molar-refractivity contribution in [3.8, 4) is 0 Å². The van der Waals surface area contributed by atoms with Crippen LogP contribution in [0.1, 0.15) is 40.4 Å². The fraction of sp³-hybridized carbons (Fsp3) is 0.300. The number of carbonyl (C=O) groups excluding carboxylic acids is 1. The van der Waals surface area contributed by atoms with Gasteiger partial charge in [0.2, 0.25) is 0 Å². The molecule has 2 aromatic carbocycles. The number of nitrogens with zero attached hydrogens (tertiary/aromatic N) is 2. The molecule has 0 saturated heterocycles. The molecule has 7 heteroatoms. The van der Waals surface area contributed by atoms with Crippen LogP contribution in [0.3, 0.4) is 0 Å². The Morgan fingerprint density at radius 3 is 2.37 bits per heavy atom. The highest BCUT2D eigenvalue weighted by molar-refractivity contribution is 6.00. The second-order valence-corrected chi connectivity index (χ2v) is 6.52. The number of halogens is 3. The number of hydrazone groups is 1. The predicted molar refractivity (Wildman–Crippen MR) is 95.2 cm³/mol. The maximum atomic E-state index is 13.3. The van der Waals surface area contributed by atoms with Gasteiger partial charge >= 0.3 is 6.18 Å². The van der Waals surface area contributed by atoms with Crippen molar-refractivity contribution in [2.24, 2.45) is 5.10 Å². The summed E-state index contributed by atoms with van der Waals surface area (Å²) in [6.45, 7) is 3.62. The van der Waals surface area contributed by atoms with Crippen molar-refractivity contribution >= 4 is 11.6 Å². The Kier molecular flexibility index (Phi) is 4.82. The van der Waals surface area contributed by atoms with Gasteiger partial charge in [-0.25, -0.2) is 0 Å². The minimum absolute atomic E-state index is 0.185. The Morgan fingerprint density at radius 1 is 1.19 bits per heavy atom. The normalized spacial score (nSPS) is 19.9. The number of hydrogen-bond donors (Lipinski definition) is 1. The second-order valence-electron chi connectivity index (χ2n) is 6.52. The number of benzene rings is 2. The van der Waals surface area contributed by atoms with Crippen molar-refractivity contribution in [2.45, 2.75) is 38.6 Å². The Hall–Kier alpha value is -2.67. The van der Waals surface area contributed by atoms with E-state index in [9.17, 15) is 23.1 Å². The molecule has 2 aromatic rings. The van der Waals surface area contributed by atoms with Crippen LogP contribution in [-0.4, -0.2) is 27.9 Å². The monoisotopic (exact) mass is 376 g/mol. The van der Waals surface area contributed by atoms with Crippen LogP contribution in [0.5, 0.6) is 0 Å². The van der Waals surface area contributed by atoms with E-state index in [2.05, 4.69) is 5.10 Å². The molecule has 142 valence electrons. The van der Waals surface area contributed by atoms with Crippen molar-refractivity contribution in [1.82, 2.24) is 5.01 Å². The van der Waals surface area contributed by atoms with Crippen molar-refractivity contribution in [3.05, 3.63) is 70.8 Å². The lowest BCUT2D eigenvalue weighted by Gasteiger charge is -2.32. The SMILES string of the molecule is CCc1ccc([C@@]2(O)CC(C(F)(F)F)=NN2C(=O)c2ccccc2C)cc1. The highest BCUT2D eigenvalue weighted by Crippen LogP contribution is 2.40. The predicted octanol–water partition coefficient (Wildman–Crippen LogP) is 4.17. The zero-order chi connectivity index (χ0) is 19.8. The van der Waals surface area contributed by atoms with E-state index in [1.165, 1.54) is 18.2 Å². The molecular formula is C20H19F3N2O2. The summed E-state index contributed by atoms with van der Waals surface area (Å²) < 4.78 is 39.8. The van der Waals surface area contributed by atoms with Crippen LogP contribution in [0.15, 0.2) is 53.6 Å². The minimum atomic E-state index is -4.74. The van der Waals surface area contributed by atoms with Gasteiger partial charge in [-0.1, -0.05) is 49.4 Å². The van der Waals surface area contributed by atoms with Crippen LogP contribution in [0.4, 0.5) is 13.2 Å². The Balaban J connectivity index is 2.08. The van der Waals surface area contributed by atoms with Gasteiger partial charge in [0.05, 0.1) is 6.42 Å². The molecule has 1 aliphatic heterocycles. The van der Waals surface area contributed by atoms with E-state index in [4.69, 9.17) is 0 Å². The summed E-state index contributed by atoms with van der Waals surface area (Å²) in [6, 6.07) is 13.0. The molecule has 0 aliphatic carbocycles. The van der Waals surface area contributed by atoms with Gasteiger partial charge in [-0.15, -0.1) is 0 Å². The van der Waals surface area contributed by atoms with Gasteiger partial charge < -0.3 is 5.11 Å². The van der Waals surface area contributed by atoms with Crippen molar-refractivity contribution < 1.29 is 23.1 Å². The molecule has 0 aromatic heterocycles. The zero-order valence-electron chi connectivity index (χ0n) is 14.9. The fourth-order valence-electron chi connectivity index (χ4n) is 3.08. The van der Waals surface area contributed by atoms with Gasteiger partial charge in [0.25, 0.3) is 5.91 Å². The molecule has 1 heterocycles. The van der Waals surface area contributed by atoms with Crippen LogP contribution >= 0.6 is 0 Å². The van der Waals surface area contributed by atoms with Crippen molar-refractivity contribution in [1.29, 1.82) is 0 Å². The molecule has 1 amide bonds. The molecule has 0 bridgehead atoms. The van der Waals surface area contributed by atoms with E-state index in [0.717, 1.165) is 12.0 Å². The standard InChI is InChI=1S/C20H19F3N2O2/c1-3-14-8-10-15(11-9-14)19(27)12-17(20(21,22)23)24-25(19)18(26)16-7-5-4-6-13(16)2/h4-11,27H,3,12H2,1-2H3/t19-/m0/s1. The maximum Gasteiger partial charge on any atom is 0.431 e. The van der Waals surface area contributed by atoms with Crippen LogP contribution in [0.2, 0.25) is 0 Å². The van der Waals surface area contributed by atoms with Gasteiger partial charge in [0, 0.05) is 11.1 Å².